The van der Waals surface area contributed by atoms with Crippen molar-refractivity contribution >= 4 is 0 Å². The Kier molecular flexibility index (Phi) is 4.04. The van der Waals surface area contributed by atoms with Crippen LogP contribution in [0, 0.1) is 11.8 Å². The van der Waals surface area contributed by atoms with Crippen molar-refractivity contribution in [2.45, 2.75) is 70.0 Å². The Balaban J connectivity index is 1.83. The molecule has 0 spiro atoms. The highest BCUT2D eigenvalue weighted by Gasteiger charge is 2.32. The second-order valence-corrected chi connectivity index (χ2v) is 5.50. The van der Waals surface area contributed by atoms with E-state index in [1.54, 1.807) is 0 Å². The molecule has 0 aromatic rings. The molecular formula is C13H25O2+. The lowest BCUT2D eigenvalue weighted by atomic mass is 9.75. The quantitative estimate of drug-likeness (QED) is 0.702. The van der Waals surface area contributed by atoms with Crippen molar-refractivity contribution in [2.75, 3.05) is 0 Å². The minimum Gasteiger partial charge on any atom is -0.443 e. The highest BCUT2D eigenvalue weighted by molar-refractivity contribution is 4.82. The van der Waals surface area contributed by atoms with E-state index in [1.807, 2.05) is 0 Å². The van der Waals surface area contributed by atoms with E-state index >= 15 is 0 Å². The summed E-state index contributed by atoms with van der Waals surface area (Å²) in [4.78, 5) is 0. The maximum Gasteiger partial charge on any atom is 0.156 e. The van der Waals surface area contributed by atoms with E-state index in [9.17, 15) is 5.11 Å². The van der Waals surface area contributed by atoms with E-state index in [-0.39, 0.29) is 12.2 Å². The van der Waals surface area contributed by atoms with Crippen LogP contribution in [-0.2, 0) is 0 Å². The summed E-state index contributed by atoms with van der Waals surface area (Å²) in [6.45, 7) is 0. The minimum absolute atomic E-state index is 0.0622. The van der Waals surface area contributed by atoms with Crippen molar-refractivity contribution in [1.29, 1.82) is 0 Å². The van der Waals surface area contributed by atoms with Crippen molar-refractivity contribution in [1.82, 2.24) is 0 Å². The van der Waals surface area contributed by atoms with Crippen molar-refractivity contribution in [3.05, 3.63) is 0 Å². The largest absolute Gasteiger partial charge is 0.443 e. The van der Waals surface area contributed by atoms with Gasteiger partial charge in [-0.1, -0.05) is 19.3 Å². The molecule has 4 unspecified atom stereocenters. The molecule has 0 bridgehead atoms. The molecule has 2 rings (SSSR count). The van der Waals surface area contributed by atoms with Crippen LogP contribution < -0.4 is 0 Å². The highest BCUT2D eigenvalue weighted by atomic mass is 16.3. The predicted octanol–water partition coefficient (Wildman–Crippen LogP) is 2.21. The van der Waals surface area contributed by atoms with Gasteiger partial charge < -0.3 is 10.2 Å². The van der Waals surface area contributed by atoms with Crippen molar-refractivity contribution in [3.8, 4) is 0 Å². The molecule has 2 saturated carbocycles. The maximum absolute atomic E-state index is 9.92. The van der Waals surface area contributed by atoms with E-state index < -0.39 is 0 Å². The van der Waals surface area contributed by atoms with Crippen LogP contribution >= 0.6 is 0 Å². The lowest BCUT2D eigenvalue weighted by Gasteiger charge is -2.33. The molecule has 15 heavy (non-hydrogen) atoms. The summed E-state index contributed by atoms with van der Waals surface area (Å²) in [7, 11) is 0. The van der Waals surface area contributed by atoms with Gasteiger partial charge in [-0.3, -0.25) is 0 Å². The Morgan fingerprint density at radius 3 is 2.13 bits per heavy atom. The summed E-state index contributed by atoms with van der Waals surface area (Å²) in [5.74, 6) is 1.09. The molecule has 2 aliphatic rings. The van der Waals surface area contributed by atoms with Crippen LogP contribution in [-0.4, -0.2) is 22.4 Å². The van der Waals surface area contributed by atoms with E-state index in [0.29, 0.717) is 11.8 Å². The second kappa shape index (κ2) is 5.31. The first-order chi connectivity index (χ1) is 7.27. The van der Waals surface area contributed by atoms with Gasteiger partial charge in [0, 0.05) is 12.3 Å². The topological polar surface area (TPSA) is 43.1 Å². The zero-order valence-electron chi connectivity index (χ0n) is 9.62. The normalized spacial score (nSPS) is 42.8. The van der Waals surface area contributed by atoms with Crippen LogP contribution in [0.4, 0.5) is 0 Å². The molecule has 0 amide bonds. The number of aliphatic hydroxyl groups excluding tert-OH is 1. The van der Waals surface area contributed by atoms with Gasteiger partial charge in [0.25, 0.3) is 0 Å². The average Bonchev–Trinajstić information content (AvgIpc) is 2.24. The maximum atomic E-state index is 9.92. The molecule has 0 aliphatic heterocycles. The Morgan fingerprint density at radius 1 is 0.867 bits per heavy atom. The van der Waals surface area contributed by atoms with Gasteiger partial charge in [-0.25, -0.2) is 0 Å². The lowest BCUT2D eigenvalue weighted by molar-refractivity contribution is 0.0138. The fraction of sp³-hybridized carbons (Fsp3) is 1.00. The fourth-order valence-corrected chi connectivity index (χ4v) is 3.34. The number of aliphatic hydroxyl groups is 1. The monoisotopic (exact) mass is 213 g/mol. The van der Waals surface area contributed by atoms with Gasteiger partial charge in [-0.2, -0.15) is 0 Å². The minimum atomic E-state index is -0.0622. The fourth-order valence-electron chi connectivity index (χ4n) is 3.34. The van der Waals surface area contributed by atoms with Crippen molar-refractivity contribution in [2.24, 2.45) is 11.8 Å². The van der Waals surface area contributed by atoms with Gasteiger partial charge in [-0.05, 0) is 38.0 Å². The van der Waals surface area contributed by atoms with Gasteiger partial charge in [0.1, 0.15) is 0 Å². The van der Waals surface area contributed by atoms with Crippen LogP contribution in [0.25, 0.3) is 0 Å². The van der Waals surface area contributed by atoms with Crippen LogP contribution in [0.2, 0.25) is 0 Å². The highest BCUT2D eigenvalue weighted by Crippen LogP contribution is 2.35. The Labute approximate surface area is 92.7 Å². The third-order valence-corrected chi connectivity index (χ3v) is 4.38. The molecule has 2 heteroatoms. The number of hydrogen-bond donors (Lipinski definition) is 1. The Bertz CT molecular complexity index is 173. The molecule has 3 N–H and O–H groups in total. The van der Waals surface area contributed by atoms with E-state index in [0.717, 1.165) is 19.3 Å². The molecule has 88 valence electrons. The molecule has 0 aromatic carbocycles. The number of hydrogen-bond acceptors (Lipinski definition) is 1. The van der Waals surface area contributed by atoms with Crippen molar-refractivity contribution < 1.29 is 10.2 Å². The summed E-state index contributed by atoms with van der Waals surface area (Å²) < 4.78 is 0. The van der Waals surface area contributed by atoms with Crippen LogP contribution in [0.15, 0.2) is 0 Å². The molecule has 2 aliphatic carbocycles. The van der Waals surface area contributed by atoms with E-state index in [1.165, 1.54) is 38.5 Å². The summed E-state index contributed by atoms with van der Waals surface area (Å²) >= 11 is 0. The zero-order chi connectivity index (χ0) is 10.7. The van der Waals surface area contributed by atoms with Crippen molar-refractivity contribution in [3.63, 3.8) is 0 Å². The summed E-state index contributed by atoms with van der Waals surface area (Å²) in [5, 5.41) is 18.0. The van der Waals surface area contributed by atoms with Gasteiger partial charge >= 0.3 is 0 Å². The first-order valence-corrected chi connectivity index (χ1v) is 6.66. The Morgan fingerprint density at radius 2 is 1.47 bits per heavy atom. The smallest absolute Gasteiger partial charge is 0.156 e. The van der Waals surface area contributed by atoms with Gasteiger partial charge in [0.2, 0.25) is 0 Å². The van der Waals surface area contributed by atoms with Crippen LogP contribution in [0.5, 0.6) is 0 Å². The first kappa shape index (κ1) is 11.4. The number of rotatable bonds is 2. The van der Waals surface area contributed by atoms with E-state index in [4.69, 9.17) is 5.11 Å². The standard InChI is InChI=1S/C13H24O2/c14-12-7-3-1-5-10(12)9-11-6-2-4-8-13(11)15/h10-15H,1-9H2/p+1. The summed E-state index contributed by atoms with van der Waals surface area (Å²) in [5.41, 5.74) is 0. The van der Waals surface area contributed by atoms with Gasteiger partial charge in [-0.15, -0.1) is 0 Å². The van der Waals surface area contributed by atoms with Gasteiger partial charge in [0.05, 0.1) is 6.10 Å². The molecule has 2 nitrogen and oxygen atoms in total. The van der Waals surface area contributed by atoms with Crippen LogP contribution in [0.3, 0.4) is 0 Å². The van der Waals surface area contributed by atoms with Crippen LogP contribution in [0.1, 0.15) is 57.8 Å². The average molecular weight is 213 g/mol. The molecule has 0 heterocycles. The molecular weight excluding hydrogens is 188 g/mol. The molecule has 2 fully saturated rings. The molecule has 0 aromatic heterocycles. The van der Waals surface area contributed by atoms with E-state index in [2.05, 4.69) is 0 Å². The predicted molar refractivity (Wildman–Crippen MR) is 61.9 cm³/mol. The molecule has 0 radical (unpaired) electrons. The molecule has 0 saturated heterocycles. The first-order valence-electron chi connectivity index (χ1n) is 6.66. The van der Waals surface area contributed by atoms with Gasteiger partial charge in [0.15, 0.2) is 6.10 Å². The lowest BCUT2D eigenvalue weighted by Crippen LogP contribution is -2.32. The zero-order valence-corrected chi connectivity index (χ0v) is 9.62. The third-order valence-electron chi connectivity index (χ3n) is 4.38. The summed E-state index contributed by atoms with van der Waals surface area (Å²) in [6.07, 6.45) is 10.8. The third kappa shape index (κ3) is 2.94. The summed E-state index contributed by atoms with van der Waals surface area (Å²) in [6, 6.07) is 0. The molecule has 4 atom stereocenters. The SMILES string of the molecule is OC1CCCCC1CC1CCCCC1[OH2+]. The Hall–Kier alpha value is -0.0800. The second-order valence-electron chi connectivity index (χ2n) is 5.50.